The molecule has 1 rings (SSSR count). The lowest BCUT2D eigenvalue weighted by Gasteiger charge is -2.39. The number of aliphatic hydroxyl groups excluding tert-OH is 1. The van der Waals surface area contributed by atoms with Gasteiger partial charge in [0.15, 0.2) is 0 Å². The molecule has 0 aliphatic heterocycles. The number of aryl methyl sites for hydroxylation is 1. The van der Waals surface area contributed by atoms with Crippen molar-refractivity contribution >= 4 is 10.1 Å². The highest BCUT2D eigenvalue weighted by molar-refractivity contribution is 7.85. The quantitative estimate of drug-likeness (QED) is 0.170. The summed E-state index contributed by atoms with van der Waals surface area (Å²) in [6.07, 6.45) is 14.5. The zero-order valence-corrected chi connectivity index (χ0v) is 22.0. The average Bonchev–Trinajstić information content (AvgIpc) is 2.76. The van der Waals surface area contributed by atoms with Gasteiger partial charge in [-0.05, 0) is 57.6 Å². The number of hydrogen-bond acceptors (Lipinski definition) is 4. The first kappa shape index (κ1) is 31.0. The van der Waals surface area contributed by atoms with Crippen LogP contribution in [0.3, 0.4) is 0 Å². The summed E-state index contributed by atoms with van der Waals surface area (Å²) >= 11 is 0. The van der Waals surface area contributed by atoms with Crippen molar-refractivity contribution in [3.63, 3.8) is 0 Å². The molecule has 0 heterocycles. The Balaban J connectivity index is 0.000000726. The molecule has 0 aliphatic rings. The van der Waals surface area contributed by atoms with Crippen LogP contribution in [0.4, 0.5) is 0 Å². The van der Waals surface area contributed by atoms with Crippen molar-refractivity contribution in [2.45, 2.75) is 103 Å². The predicted octanol–water partition coefficient (Wildman–Crippen LogP) is 6.05. The molecule has 0 amide bonds. The molecule has 0 saturated heterocycles. The van der Waals surface area contributed by atoms with Crippen molar-refractivity contribution in [2.75, 3.05) is 32.8 Å². The van der Waals surface area contributed by atoms with Crippen LogP contribution in [0.2, 0.25) is 0 Å². The van der Waals surface area contributed by atoms with Crippen LogP contribution in [0.5, 0.6) is 0 Å². The van der Waals surface area contributed by atoms with E-state index in [1.54, 1.807) is 12.1 Å². The Morgan fingerprint density at radius 1 is 0.719 bits per heavy atom. The minimum Gasteiger partial charge on any atom is -0.744 e. The molecule has 1 aromatic carbocycles. The van der Waals surface area contributed by atoms with Crippen LogP contribution >= 0.6 is 0 Å². The summed E-state index contributed by atoms with van der Waals surface area (Å²) < 4.78 is 32.4. The molecule has 5 nitrogen and oxygen atoms in total. The monoisotopic (exact) mass is 471 g/mol. The van der Waals surface area contributed by atoms with Gasteiger partial charge in [-0.1, -0.05) is 64.2 Å². The highest BCUT2D eigenvalue weighted by atomic mass is 32.2. The molecule has 188 valence electrons. The minimum atomic E-state index is -4.27. The van der Waals surface area contributed by atoms with Gasteiger partial charge in [0.2, 0.25) is 0 Å². The third-order valence-electron chi connectivity index (χ3n) is 6.06. The molecule has 6 heteroatoms. The van der Waals surface area contributed by atoms with E-state index in [-0.39, 0.29) is 4.90 Å². The van der Waals surface area contributed by atoms with E-state index in [1.807, 2.05) is 6.92 Å². The fourth-order valence-corrected chi connectivity index (χ4v) is 4.52. The van der Waals surface area contributed by atoms with E-state index >= 15 is 0 Å². The number of benzene rings is 1. The topological polar surface area (TPSA) is 77.4 Å². The van der Waals surface area contributed by atoms with Crippen molar-refractivity contribution in [3.05, 3.63) is 29.8 Å². The Morgan fingerprint density at radius 2 is 1.12 bits per heavy atom. The molecular weight excluding hydrogens is 422 g/mol. The molecule has 0 radical (unpaired) electrons. The van der Waals surface area contributed by atoms with Crippen LogP contribution in [-0.2, 0) is 10.1 Å². The van der Waals surface area contributed by atoms with Gasteiger partial charge >= 0.3 is 0 Å². The van der Waals surface area contributed by atoms with Gasteiger partial charge in [-0.15, -0.1) is 0 Å². The van der Waals surface area contributed by atoms with Gasteiger partial charge in [0.05, 0.1) is 31.1 Å². The summed E-state index contributed by atoms with van der Waals surface area (Å²) in [5, 5.41) is 9.27. The summed E-state index contributed by atoms with van der Waals surface area (Å²) in [5.41, 5.74) is 0.928. The molecule has 0 aliphatic carbocycles. The second-order valence-corrected chi connectivity index (χ2v) is 10.4. The number of hydrogen-bond donors (Lipinski definition) is 1. The maximum atomic E-state index is 10.4. The number of unbranched alkanes of at least 4 members (excludes halogenated alkanes) is 7. The molecule has 32 heavy (non-hydrogen) atoms. The molecule has 0 aromatic heterocycles. The Morgan fingerprint density at radius 3 is 1.53 bits per heavy atom. The molecule has 0 unspecified atom stereocenters. The molecule has 1 N–H and O–H groups in total. The van der Waals surface area contributed by atoms with Crippen LogP contribution in [0.25, 0.3) is 0 Å². The lowest BCUT2D eigenvalue weighted by molar-refractivity contribution is -0.929. The zero-order valence-electron chi connectivity index (χ0n) is 21.2. The normalized spacial score (nSPS) is 11.8. The van der Waals surface area contributed by atoms with Crippen molar-refractivity contribution < 1.29 is 22.6 Å². The SMILES string of the molecule is CCCCCC[N+](CCCO)(CCCCC)CCCCC.Cc1ccc(S(=O)(=O)[O-])cc1. The van der Waals surface area contributed by atoms with E-state index < -0.39 is 10.1 Å². The lowest BCUT2D eigenvalue weighted by atomic mass is 10.1. The Bertz CT molecular complexity index is 649. The number of rotatable bonds is 17. The predicted molar refractivity (Wildman–Crippen MR) is 134 cm³/mol. The second kappa shape index (κ2) is 18.5. The van der Waals surface area contributed by atoms with Gasteiger partial charge < -0.3 is 14.1 Å². The van der Waals surface area contributed by atoms with Crippen molar-refractivity contribution in [1.82, 2.24) is 0 Å². The van der Waals surface area contributed by atoms with E-state index in [1.165, 1.54) is 107 Å². The van der Waals surface area contributed by atoms with Crippen LogP contribution < -0.4 is 0 Å². The summed E-state index contributed by atoms with van der Waals surface area (Å²) in [7, 11) is -4.27. The van der Waals surface area contributed by atoms with Crippen molar-refractivity contribution in [3.8, 4) is 0 Å². The first-order valence-corrected chi connectivity index (χ1v) is 14.1. The second-order valence-electron chi connectivity index (χ2n) is 9.06. The lowest BCUT2D eigenvalue weighted by Crippen LogP contribution is -2.51. The Hall–Kier alpha value is -0.950. The summed E-state index contributed by atoms with van der Waals surface area (Å²) in [6, 6.07) is 5.78. The van der Waals surface area contributed by atoms with E-state index in [2.05, 4.69) is 20.8 Å². The third kappa shape index (κ3) is 15.0. The first-order chi connectivity index (χ1) is 15.2. The van der Waals surface area contributed by atoms with E-state index in [9.17, 15) is 18.1 Å². The van der Waals surface area contributed by atoms with Gasteiger partial charge in [-0.2, -0.15) is 0 Å². The zero-order chi connectivity index (χ0) is 24.3. The summed E-state index contributed by atoms with van der Waals surface area (Å²) in [5.74, 6) is 0. The smallest absolute Gasteiger partial charge is 0.124 e. The maximum absolute atomic E-state index is 10.4. The minimum absolute atomic E-state index is 0.178. The van der Waals surface area contributed by atoms with Crippen LogP contribution in [0.15, 0.2) is 29.2 Å². The molecular formula is C26H49NO4S. The Kier molecular flexibility index (Phi) is 17.9. The van der Waals surface area contributed by atoms with Crippen molar-refractivity contribution in [2.24, 2.45) is 0 Å². The van der Waals surface area contributed by atoms with Crippen LogP contribution in [0.1, 0.15) is 97.0 Å². The molecule has 0 atom stereocenters. The number of nitrogens with zero attached hydrogens (tertiary/aromatic N) is 1. The number of aliphatic hydroxyl groups is 1. The molecule has 0 fully saturated rings. The third-order valence-corrected chi connectivity index (χ3v) is 6.91. The maximum Gasteiger partial charge on any atom is 0.124 e. The average molecular weight is 472 g/mol. The van der Waals surface area contributed by atoms with Crippen LogP contribution in [-0.4, -0.2) is 55.3 Å². The van der Waals surface area contributed by atoms with Crippen LogP contribution in [0, 0.1) is 6.92 Å². The van der Waals surface area contributed by atoms with E-state index in [0.29, 0.717) is 6.61 Å². The van der Waals surface area contributed by atoms with Gasteiger partial charge in [0.25, 0.3) is 0 Å². The van der Waals surface area contributed by atoms with Gasteiger partial charge in [-0.25, -0.2) is 8.42 Å². The fourth-order valence-electron chi connectivity index (χ4n) is 4.05. The largest absolute Gasteiger partial charge is 0.744 e. The Labute approximate surface area is 198 Å². The first-order valence-electron chi connectivity index (χ1n) is 12.7. The van der Waals surface area contributed by atoms with E-state index in [0.717, 1.165) is 12.0 Å². The molecule has 0 bridgehead atoms. The summed E-state index contributed by atoms with van der Waals surface area (Å²) in [4.78, 5) is -0.178. The standard InChI is InChI=1S/C19H42NO.C7H8O3S/c1-4-7-10-13-17-20(18-14-19-21,15-11-8-5-2)16-12-9-6-3;1-6-2-4-7(5-3-6)11(8,9)10/h21H,4-19H2,1-3H3;2-5H,1H3,(H,8,9,10)/q+1;/p-1. The summed E-state index contributed by atoms with van der Waals surface area (Å²) in [6.45, 7) is 14.3. The highest BCUT2D eigenvalue weighted by Gasteiger charge is 2.25. The highest BCUT2D eigenvalue weighted by Crippen LogP contribution is 2.17. The fraction of sp³-hybridized carbons (Fsp3) is 0.769. The molecule has 0 saturated carbocycles. The van der Waals surface area contributed by atoms with Gasteiger partial charge in [0, 0.05) is 13.0 Å². The molecule has 1 aromatic rings. The number of quaternary nitrogens is 1. The van der Waals surface area contributed by atoms with E-state index in [4.69, 9.17) is 0 Å². The molecule has 0 spiro atoms. The van der Waals surface area contributed by atoms with Gasteiger partial charge in [0.1, 0.15) is 10.1 Å². The van der Waals surface area contributed by atoms with Gasteiger partial charge in [-0.3, -0.25) is 0 Å². The van der Waals surface area contributed by atoms with Crippen molar-refractivity contribution in [1.29, 1.82) is 0 Å².